The van der Waals surface area contributed by atoms with Crippen molar-refractivity contribution in [3.8, 4) is 0 Å². The summed E-state index contributed by atoms with van der Waals surface area (Å²) in [4.78, 5) is 4.16. The van der Waals surface area contributed by atoms with Gasteiger partial charge < -0.3 is 5.32 Å². The molecule has 18 heavy (non-hydrogen) atoms. The molecular weight excluding hydrogens is 240 g/mol. The second-order valence-electron chi connectivity index (χ2n) is 5.54. The van der Waals surface area contributed by atoms with Crippen LogP contribution in [0.1, 0.15) is 44.9 Å². The molecule has 1 saturated heterocycles. The normalized spacial score (nSPS) is 24.9. The molecule has 0 amide bonds. The van der Waals surface area contributed by atoms with Crippen LogP contribution in [0.5, 0.6) is 0 Å². The van der Waals surface area contributed by atoms with Gasteiger partial charge in [0.1, 0.15) is 0 Å². The molecule has 2 nitrogen and oxygen atoms in total. The first-order valence-electron chi connectivity index (χ1n) is 7.20. The topological polar surface area (TPSA) is 15.3 Å². The van der Waals surface area contributed by atoms with Gasteiger partial charge in [-0.3, -0.25) is 4.90 Å². The lowest BCUT2D eigenvalue weighted by Gasteiger charge is -2.37. The zero-order valence-corrected chi connectivity index (χ0v) is 12.7. The number of nitrogens with one attached hydrogen (secondary N) is 1. The van der Waals surface area contributed by atoms with Gasteiger partial charge in [0, 0.05) is 29.5 Å². The molecule has 3 heteroatoms. The third-order valence-corrected chi connectivity index (χ3v) is 5.34. The highest BCUT2D eigenvalue weighted by molar-refractivity contribution is 7.09. The molecule has 1 unspecified atom stereocenters. The number of hydrogen-bond donors (Lipinski definition) is 1. The molecule has 2 rings (SSSR count). The van der Waals surface area contributed by atoms with Crippen LogP contribution in [0.4, 0.5) is 0 Å². The number of hydrogen-bond acceptors (Lipinski definition) is 3. The molecule has 1 N–H and O–H groups in total. The maximum absolute atomic E-state index is 3.80. The quantitative estimate of drug-likeness (QED) is 0.897. The van der Waals surface area contributed by atoms with E-state index < -0.39 is 0 Å². The van der Waals surface area contributed by atoms with E-state index in [0.29, 0.717) is 11.6 Å². The van der Waals surface area contributed by atoms with E-state index in [1.807, 2.05) is 11.3 Å². The van der Waals surface area contributed by atoms with E-state index in [-0.39, 0.29) is 0 Å². The summed E-state index contributed by atoms with van der Waals surface area (Å²) in [6.45, 7) is 10.5. The molecule has 0 bridgehead atoms. The summed E-state index contributed by atoms with van der Waals surface area (Å²) >= 11 is 1.88. The van der Waals surface area contributed by atoms with Crippen molar-refractivity contribution in [2.45, 2.75) is 58.2 Å². The summed E-state index contributed by atoms with van der Waals surface area (Å²) in [7, 11) is 0. The summed E-state index contributed by atoms with van der Waals surface area (Å²) in [5, 5.41) is 5.98. The van der Waals surface area contributed by atoms with Crippen molar-refractivity contribution in [1.82, 2.24) is 10.2 Å². The Balaban J connectivity index is 2.10. The third kappa shape index (κ3) is 3.14. The minimum absolute atomic E-state index is 0.321. The number of thiophene rings is 1. The van der Waals surface area contributed by atoms with Crippen molar-refractivity contribution in [2.24, 2.45) is 0 Å². The number of rotatable bonds is 4. The van der Waals surface area contributed by atoms with Gasteiger partial charge in [-0.05, 0) is 44.2 Å². The molecule has 102 valence electrons. The van der Waals surface area contributed by atoms with Gasteiger partial charge >= 0.3 is 0 Å². The van der Waals surface area contributed by atoms with Crippen LogP contribution in [0.2, 0.25) is 0 Å². The van der Waals surface area contributed by atoms with Gasteiger partial charge in [-0.25, -0.2) is 0 Å². The monoisotopic (exact) mass is 266 g/mol. The highest BCUT2D eigenvalue weighted by Gasteiger charge is 2.32. The van der Waals surface area contributed by atoms with Gasteiger partial charge in [-0.15, -0.1) is 11.3 Å². The van der Waals surface area contributed by atoms with E-state index in [2.05, 4.69) is 48.5 Å². The highest BCUT2D eigenvalue weighted by Crippen LogP contribution is 2.24. The molecule has 1 aliphatic heterocycles. The van der Waals surface area contributed by atoms with Gasteiger partial charge in [-0.1, -0.05) is 19.9 Å². The maximum Gasteiger partial charge on any atom is 0.0331 e. The Morgan fingerprint density at radius 1 is 1.44 bits per heavy atom. The predicted octanol–water partition coefficient (Wildman–Crippen LogP) is 3.49. The van der Waals surface area contributed by atoms with Gasteiger partial charge in [0.15, 0.2) is 0 Å². The summed E-state index contributed by atoms with van der Waals surface area (Å²) < 4.78 is 0. The maximum atomic E-state index is 3.80. The smallest absolute Gasteiger partial charge is 0.0331 e. The Hall–Kier alpha value is -0.380. The summed E-state index contributed by atoms with van der Waals surface area (Å²) in [6, 6.07) is 5.10. The predicted molar refractivity (Wildman–Crippen MR) is 80.1 cm³/mol. The van der Waals surface area contributed by atoms with E-state index >= 15 is 0 Å². The first kappa shape index (κ1) is 14.0. The molecule has 1 aromatic heterocycles. The van der Waals surface area contributed by atoms with Gasteiger partial charge in [0.25, 0.3) is 0 Å². The van der Waals surface area contributed by atoms with Crippen LogP contribution in [0.25, 0.3) is 0 Å². The van der Waals surface area contributed by atoms with Crippen molar-refractivity contribution in [2.75, 3.05) is 13.1 Å². The van der Waals surface area contributed by atoms with Crippen LogP contribution in [-0.2, 0) is 6.54 Å². The molecule has 0 radical (unpaired) electrons. The van der Waals surface area contributed by atoms with Crippen LogP contribution < -0.4 is 5.32 Å². The SMILES string of the molecule is CCC1(CC)CN(Cc2cccs2)C(C)CCN1. The Kier molecular flexibility index (Phi) is 4.82. The lowest BCUT2D eigenvalue weighted by Crippen LogP contribution is -2.51. The van der Waals surface area contributed by atoms with E-state index in [1.165, 1.54) is 30.7 Å². The summed E-state index contributed by atoms with van der Waals surface area (Å²) in [5.74, 6) is 0. The first-order valence-corrected chi connectivity index (χ1v) is 8.08. The zero-order valence-electron chi connectivity index (χ0n) is 11.9. The fourth-order valence-corrected chi connectivity index (χ4v) is 3.60. The van der Waals surface area contributed by atoms with E-state index in [4.69, 9.17) is 0 Å². The Morgan fingerprint density at radius 3 is 2.83 bits per heavy atom. The molecular formula is C15H26N2S. The molecule has 1 aromatic rings. The summed E-state index contributed by atoms with van der Waals surface area (Å²) in [6.07, 6.45) is 3.70. The Bertz CT molecular complexity index is 343. The molecule has 0 spiro atoms. The van der Waals surface area contributed by atoms with Crippen LogP contribution in [-0.4, -0.2) is 29.6 Å². The average molecular weight is 266 g/mol. The first-order chi connectivity index (χ1) is 8.69. The lowest BCUT2D eigenvalue weighted by atomic mass is 9.92. The number of nitrogens with zero attached hydrogens (tertiary/aromatic N) is 1. The molecule has 1 fully saturated rings. The third-order valence-electron chi connectivity index (χ3n) is 4.48. The average Bonchev–Trinajstić information content (AvgIpc) is 2.83. The van der Waals surface area contributed by atoms with E-state index in [9.17, 15) is 0 Å². The molecule has 0 aliphatic carbocycles. The van der Waals surface area contributed by atoms with Crippen molar-refractivity contribution in [1.29, 1.82) is 0 Å². The van der Waals surface area contributed by atoms with Gasteiger partial charge in [0.2, 0.25) is 0 Å². The van der Waals surface area contributed by atoms with Gasteiger partial charge in [0.05, 0.1) is 0 Å². The van der Waals surface area contributed by atoms with Crippen molar-refractivity contribution >= 4 is 11.3 Å². The minimum Gasteiger partial charge on any atom is -0.310 e. The van der Waals surface area contributed by atoms with E-state index in [0.717, 1.165) is 13.1 Å². The molecule has 1 atom stereocenters. The second kappa shape index (κ2) is 6.18. The highest BCUT2D eigenvalue weighted by atomic mass is 32.1. The largest absolute Gasteiger partial charge is 0.310 e. The van der Waals surface area contributed by atoms with Crippen molar-refractivity contribution in [3.63, 3.8) is 0 Å². The zero-order chi connectivity index (χ0) is 13.0. The molecule has 0 aromatic carbocycles. The molecule has 1 aliphatic rings. The standard InChI is InChI=1S/C15H26N2S/c1-4-15(5-2)12-17(13(3)8-9-16-15)11-14-7-6-10-18-14/h6-7,10,13,16H,4-5,8-9,11-12H2,1-3H3. The summed E-state index contributed by atoms with van der Waals surface area (Å²) in [5.41, 5.74) is 0.321. The Morgan fingerprint density at radius 2 is 2.22 bits per heavy atom. The molecule has 0 saturated carbocycles. The Labute approximate surface area is 115 Å². The van der Waals surface area contributed by atoms with Crippen molar-refractivity contribution in [3.05, 3.63) is 22.4 Å². The van der Waals surface area contributed by atoms with Gasteiger partial charge in [-0.2, -0.15) is 0 Å². The molecule has 2 heterocycles. The minimum atomic E-state index is 0.321. The second-order valence-corrected chi connectivity index (χ2v) is 6.57. The van der Waals surface area contributed by atoms with E-state index in [1.54, 1.807) is 0 Å². The fourth-order valence-electron chi connectivity index (χ4n) is 2.87. The van der Waals surface area contributed by atoms with Crippen LogP contribution >= 0.6 is 11.3 Å². The van der Waals surface area contributed by atoms with Crippen LogP contribution in [0.3, 0.4) is 0 Å². The lowest BCUT2D eigenvalue weighted by molar-refractivity contribution is 0.153. The van der Waals surface area contributed by atoms with Crippen LogP contribution in [0.15, 0.2) is 17.5 Å². The fraction of sp³-hybridized carbons (Fsp3) is 0.733. The van der Waals surface area contributed by atoms with Crippen molar-refractivity contribution < 1.29 is 0 Å². The van der Waals surface area contributed by atoms with Crippen LogP contribution in [0, 0.1) is 0 Å².